The van der Waals surface area contributed by atoms with Crippen LogP contribution in [-0.4, -0.2) is 38.5 Å². The van der Waals surface area contributed by atoms with Crippen molar-refractivity contribution in [3.63, 3.8) is 0 Å². The second-order valence-corrected chi connectivity index (χ2v) is 90.0. The topological polar surface area (TPSA) is 0 Å². The number of hydrogen-bond donors (Lipinski definition) is 0. The zero-order valence-corrected chi connectivity index (χ0v) is 26.8. The Morgan fingerprint density at radius 2 is 0.750 bits per heavy atom. The fourth-order valence-electron chi connectivity index (χ4n) is 6.02. The van der Waals surface area contributed by atoms with Crippen molar-refractivity contribution in [3.8, 4) is 0 Å². The molecule has 0 aliphatic carbocycles. The third-order valence-electron chi connectivity index (χ3n) is 6.79. The summed E-state index contributed by atoms with van der Waals surface area (Å²) < 4.78 is 0. The van der Waals surface area contributed by atoms with Crippen LogP contribution in [0.15, 0.2) is 0 Å². The average molecular weight is 556 g/mol. The highest BCUT2D eigenvalue weighted by Crippen LogP contribution is 2.70. The van der Waals surface area contributed by atoms with Gasteiger partial charge in [0, 0.05) is 7.11 Å². The van der Waals surface area contributed by atoms with Crippen LogP contribution in [0.2, 0.25) is 36.3 Å². The Morgan fingerprint density at radius 1 is 0.458 bits per heavy atom. The molecule has 1 saturated heterocycles. The molecule has 0 aromatic rings. The molecule has 1 aliphatic rings. The van der Waals surface area contributed by atoms with Crippen LogP contribution in [-0.2, 0) is 0 Å². The molecule has 0 saturated carbocycles. The van der Waals surface area contributed by atoms with Crippen molar-refractivity contribution in [1.82, 2.24) is 0 Å². The molecule has 0 spiro atoms. The van der Waals surface area contributed by atoms with E-state index in [2.05, 4.69) is 67.7 Å². The van der Waals surface area contributed by atoms with Gasteiger partial charge < -0.3 is 0 Å². The second kappa shape index (κ2) is 6.27. The second-order valence-electron chi connectivity index (χ2n) is 10.2. The highest BCUT2D eigenvalue weighted by molar-refractivity contribution is 8.38. The molecule has 144 valence electrons. The summed E-state index contributed by atoms with van der Waals surface area (Å²) in [7, 11) is -6.45. The molecule has 1 heterocycles. The number of hydrogen-bond acceptors (Lipinski definition) is 0. The largest absolute Gasteiger partial charge is 0.289 e. The minimum Gasteiger partial charge on any atom is -0.151 e. The SMILES string of the molecule is CC(C)(C)[Si]1(C(C)(C)C)[Si](C)(C)[Si](C)(C)[Si](Cl)(Cl)[Si](Cl)(Cl)[Si]1(Cl)Cl. The van der Waals surface area contributed by atoms with Gasteiger partial charge in [0.2, 0.25) is 0 Å². The molecule has 0 atom stereocenters. The van der Waals surface area contributed by atoms with Crippen LogP contribution in [0.25, 0.3) is 0 Å². The van der Waals surface area contributed by atoms with Crippen LogP contribution in [0.1, 0.15) is 41.5 Å². The van der Waals surface area contributed by atoms with E-state index in [1.807, 2.05) is 0 Å². The molecule has 1 aliphatic heterocycles. The molecule has 0 nitrogen and oxygen atoms in total. The maximum atomic E-state index is 7.44. The van der Waals surface area contributed by atoms with Gasteiger partial charge in [0.25, 0.3) is 17.2 Å². The first-order valence-electron chi connectivity index (χ1n) is 8.13. The maximum absolute atomic E-state index is 7.44. The lowest BCUT2D eigenvalue weighted by molar-refractivity contribution is 0.647. The lowest BCUT2D eigenvalue weighted by atomic mass is 10.2. The summed E-state index contributed by atoms with van der Waals surface area (Å²) in [5.74, 6) is 0. The van der Waals surface area contributed by atoms with Crippen molar-refractivity contribution in [3.05, 3.63) is 0 Å². The first kappa shape index (κ1) is 25.1. The van der Waals surface area contributed by atoms with E-state index in [0.717, 1.165) is 0 Å². The Balaban J connectivity index is 4.23. The van der Waals surface area contributed by atoms with Crippen molar-refractivity contribution in [2.45, 2.75) is 77.8 Å². The summed E-state index contributed by atoms with van der Waals surface area (Å²) in [5, 5.41) is 0.00332. The minimum atomic E-state index is -3.18. The molecule has 12 heteroatoms. The maximum Gasteiger partial charge on any atom is 0.289 e. The molecular weight excluding hydrogens is 525 g/mol. The van der Waals surface area contributed by atoms with Gasteiger partial charge in [-0.2, -0.15) is 44.3 Å². The molecule has 1 rings (SSSR count). The van der Waals surface area contributed by atoms with E-state index >= 15 is 0 Å². The number of halogens is 6. The molecule has 0 amide bonds. The summed E-state index contributed by atoms with van der Waals surface area (Å²) in [5.41, 5.74) is -9.18. The fraction of sp³-hybridized carbons (Fsp3) is 1.00. The third kappa shape index (κ3) is 2.57. The van der Waals surface area contributed by atoms with E-state index in [1.54, 1.807) is 0 Å². The summed E-state index contributed by atoms with van der Waals surface area (Å²) >= 11 is 43.5. The van der Waals surface area contributed by atoms with E-state index in [4.69, 9.17) is 66.5 Å². The monoisotopic (exact) mass is 552 g/mol. The van der Waals surface area contributed by atoms with E-state index in [0.29, 0.717) is 0 Å². The molecule has 0 aromatic heterocycles. The van der Waals surface area contributed by atoms with Crippen LogP contribution < -0.4 is 0 Å². The van der Waals surface area contributed by atoms with Crippen LogP contribution in [0, 0.1) is 0 Å². The first-order chi connectivity index (χ1) is 10.0. The molecule has 0 radical (unpaired) electrons. The van der Waals surface area contributed by atoms with Gasteiger partial charge in [-0.3, -0.25) is 0 Å². The third-order valence-corrected chi connectivity index (χ3v) is 178. The van der Waals surface area contributed by atoms with Gasteiger partial charge in [-0.15, -0.1) is 22.2 Å². The van der Waals surface area contributed by atoms with Crippen LogP contribution in [0.4, 0.5) is 0 Å². The van der Waals surface area contributed by atoms with Gasteiger partial charge >= 0.3 is 0 Å². The van der Waals surface area contributed by atoms with Gasteiger partial charge in [0.1, 0.15) is 0 Å². The molecule has 0 bridgehead atoms. The smallest absolute Gasteiger partial charge is 0.151 e. The quantitative estimate of drug-likeness (QED) is 0.212. The van der Waals surface area contributed by atoms with E-state index < -0.39 is 38.5 Å². The van der Waals surface area contributed by atoms with Gasteiger partial charge in [0.05, 0.1) is 14.2 Å². The molecule has 0 N–H and O–H groups in total. The van der Waals surface area contributed by atoms with Crippen molar-refractivity contribution < 1.29 is 0 Å². The Kier molecular flexibility index (Phi) is 6.55. The molecule has 0 unspecified atom stereocenters. The van der Waals surface area contributed by atoms with Crippen LogP contribution in [0.3, 0.4) is 0 Å². The van der Waals surface area contributed by atoms with Crippen molar-refractivity contribution in [1.29, 1.82) is 0 Å². The summed E-state index contributed by atoms with van der Waals surface area (Å²) in [6.45, 7) is 23.5. The predicted octanol–water partition coefficient (Wildman–Crippen LogP) is 7.70. The van der Waals surface area contributed by atoms with E-state index in [9.17, 15) is 0 Å². The zero-order chi connectivity index (χ0) is 20.0. The van der Waals surface area contributed by atoms with E-state index in [1.165, 1.54) is 0 Å². The molecule has 0 aromatic carbocycles. The van der Waals surface area contributed by atoms with Crippen molar-refractivity contribution in [2.24, 2.45) is 0 Å². The molecule has 24 heavy (non-hydrogen) atoms. The first-order valence-corrected chi connectivity index (χ1v) is 34.2. The summed E-state index contributed by atoms with van der Waals surface area (Å²) in [4.78, 5) is 0. The Morgan fingerprint density at radius 3 is 1.00 bits per heavy atom. The summed E-state index contributed by atoms with van der Waals surface area (Å²) in [6, 6.07) is 0. The Hall–Kier alpha value is 3.04. The van der Waals surface area contributed by atoms with Crippen molar-refractivity contribution in [2.75, 3.05) is 0 Å². The van der Waals surface area contributed by atoms with Gasteiger partial charge in [-0.25, -0.2) is 0 Å². The molecular formula is C12H30Cl6Si6. The summed E-state index contributed by atoms with van der Waals surface area (Å²) in [6.07, 6.45) is 0. The fourth-order valence-corrected chi connectivity index (χ4v) is 295. The van der Waals surface area contributed by atoms with Crippen LogP contribution in [0.5, 0.6) is 0 Å². The minimum absolute atomic E-state index is 0.00166. The highest BCUT2D eigenvalue weighted by Gasteiger charge is 2.92. The normalized spacial score (nSPS) is 30.0. The van der Waals surface area contributed by atoms with E-state index in [-0.39, 0.29) is 10.1 Å². The Bertz CT molecular complexity index is 485. The van der Waals surface area contributed by atoms with Gasteiger partial charge in [-0.1, -0.05) is 67.7 Å². The zero-order valence-electron chi connectivity index (χ0n) is 16.3. The lowest BCUT2D eigenvalue weighted by Gasteiger charge is -2.73. The van der Waals surface area contributed by atoms with Gasteiger partial charge in [-0.05, 0) is 10.1 Å². The van der Waals surface area contributed by atoms with Crippen molar-refractivity contribution >= 4 is 105 Å². The number of rotatable bonds is 0. The van der Waals surface area contributed by atoms with Crippen LogP contribution >= 0.6 is 66.5 Å². The lowest BCUT2D eigenvalue weighted by Crippen LogP contribution is -3.01. The van der Waals surface area contributed by atoms with Gasteiger partial charge in [0.15, 0.2) is 0 Å². The standard InChI is InChI=1S/C12H30Cl6Si6/c1-11(2,3)21(12(4,5)6)19(7,8)20(9,10)22(13,14)24(17,18)23(21,15)16/h1-10H3. The molecule has 1 fully saturated rings. The average Bonchev–Trinajstić information content (AvgIpc) is 2.21. The highest BCUT2D eigenvalue weighted by atomic mass is 35.8. The Labute approximate surface area is 181 Å². The predicted molar refractivity (Wildman–Crippen MR) is 133 cm³/mol.